The fraction of sp³-hybridized carbons (Fsp3) is 0.636. The van der Waals surface area contributed by atoms with Crippen molar-refractivity contribution >= 4 is 7.05 Å². The molecule has 0 saturated carbocycles. The van der Waals surface area contributed by atoms with Crippen LogP contribution in [-0.4, -0.2) is 17.0 Å². The van der Waals surface area contributed by atoms with Crippen molar-refractivity contribution in [3.05, 3.63) is 48.7 Å². The van der Waals surface area contributed by atoms with Gasteiger partial charge in [0.1, 0.15) is 0 Å². The van der Waals surface area contributed by atoms with Crippen LogP contribution < -0.4 is 0 Å². The summed E-state index contributed by atoms with van der Waals surface area (Å²) >= 11 is 0. The molecular weight excluding hydrogens is 357 g/mol. The zero-order valence-corrected chi connectivity index (χ0v) is 20.5. The first kappa shape index (κ1) is 27.1. The molecule has 0 aromatic rings. The minimum absolute atomic E-state index is 0. The number of nitrogens with zero attached hydrogens (tertiary/aromatic N) is 1. The average molecular weight is 397 g/mol. The van der Waals surface area contributed by atoms with Crippen molar-refractivity contribution in [1.82, 2.24) is 0 Å². The molecule has 0 radical (unpaired) electrons. The Balaban J connectivity index is 0. The largest absolute Gasteiger partial charge is 0.271 e. The molecule has 1 aliphatic carbocycles. The standard InChI is InChI=1S/C14H26NP.C8H14.Ti/c1-11(2)16(12(3)4,13(5)6)15-14-9-7-8-10-14;1-5-6-7-8(2,3)4;/h7-9,11-13H,10H2,1-6H3;5-7H,1H2,2-4H3;. The van der Waals surface area contributed by atoms with Crippen LogP contribution in [0.5, 0.6) is 0 Å². The third-order valence-electron chi connectivity index (χ3n) is 4.27. The van der Waals surface area contributed by atoms with Crippen molar-refractivity contribution < 1.29 is 21.7 Å². The van der Waals surface area contributed by atoms with Crippen LogP contribution in [0.25, 0.3) is 0 Å². The van der Waals surface area contributed by atoms with Crippen molar-refractivity contribution in [2.24, 2.45) is 10.2 Å². The van der Waals surface area contributed by atoms with E-state index in [2.05, 4.69) is 93.2 Å². The summed E-state index contributed by atoms with van der Waals surface area (Å²) in [5, 5.41) is 0. The quantitative estimate of drug-likeness (QED) is 0.253. The first-order valence-electron chi connectivity index (χ1n) is 9.24. The number of rotatable bonds is 5. The molecule has 1 aliphatic rings. The van der Waals surface area contributed by atoms with E-state index < -0.39 is 7.05 Å². The monoisotopic (exact) mass is 397 g/mol. The molecule has 1 nitrogen and oxygen atoms in total. The van der Waals surface area contributed by atoms with E-state index in [9.17, 15) is 0 Å². The van der Waals surface area contributed by atoms with Gasteiger partial charge in [-0.2, -0.15) is 0 Å². The van der Waals surface area contributed by atoms with Crippen molar-refractivity contribution in [1.29, 1.82) is 0 Å². The van der Waals surface area contributed by atoms with Crippen LogP contribution in [0.3, 0.4) is 0 Å². The molecule has 3 heteroatoms. The van der Waals surface area contributed by atoms with Crippen molar-refractivity contribution in [3.63, 3.8) is 0 Å². The third-order valence-corrected chi connectivity index (χ3v) is 9.83. The Hall–Kier alpha value is -0.0957. The molecule has 142 valence electrons. The van der Waals surface area contributed by atoms with Gasteiger partial charge < -0.3 is 0 Å². The summed E-state index contributed by atoms with van der Waals surface area (Å²) in [5.74, 6) is 0. The molecule has 0 spiro atoms. The van der Waals surface area contributed by atoms with Gasteiger partial charge in [-0.25, -0.2) is 0 Å². The molecule has 0 saturated heterocycles. The Morgan fingerprint density at radius 1 is 1.04 bits per heavy atom. The van der Waals surface area contributed by atoms with Crippen LogP contribution in [0.4, 0.5) is 0 Å². The second-order valence-electron chi connectivity index (χ2n) is 8.43. The van der Waals surface area contributed by atoms with E-state index in [4.69, 9.17) is 4.74 Å². The van der Waals surface area contributed by atoms with Crippen molar-refractivity contribution in [2.75, 3.05) is 0 Å². The van der Waals surface area contributed by atoms with Crippen LogP contribution in [0.2, 0.25) is 0 Å². The SMILES string of the molecule is C=CC=CC(C)(C)C.CC(C)P(=NC1=CC=CC1)(C(C)C)C(C)C.[Ti]. The second-order valence-corrected chi connectivity index (χ2v) is 13.3. The summed E-state index contributed by atoms with van der Waals surface area (Å²) in [6, 6.07) is 0. The Labute approximate surface area is 173 Å². The van der Waals surface area contributed by atoms with E-state index in [1.807, 2.05) is 6.08 Å². The Morgan fingerprint density at radius 2 is 1.52 bits per heavy atom. The summed E-state index contributed by atoms with van der Waals surface area (Å²) in [6.45, 7) is 24.1. The average Bonchev–Trinajstić information content (AvgIpc) is 2.94. The molecule has 0 aromatic heterocycles. The first-order chi connectivity index (χ1) is 11.0. The summed E-state index contributed by atoms with van der Waals surface area (Å²) in [6.07, 6.45) is 13.4. The predicted octanol–water partition coefficient (Wildman–Crippen LogP) is 8.03. The number of hydrogen-bond donors (Lipinski definition) is 0. The number of allylic oxidation sites excluding steroid dienone is 6. The smallest absolute Gasteiger partial charge is 0.0425 e. The number of hydrogen-bond acceptors (Lipinski definition) is 1. The fourth-order valence-corrected chi connectivity index (χ4v) is 8.09. The maximum absolute atomic E-state index is 5.22. The topological polar surface area (TPSA) is 12.4 Å². The molecule has 0 heterocycles. The predicted molar refractivity (Wildman–Crippen MR) is 115 cm³/mol. The van der Waals surface area contributed by atoms with Gasteiger partial charge in [-0.3, -0.25) is 4.74 Å². The maximum Gasteiger partial charge on any atom is 0.0425 e. The molecule has 0 amide bonds. The van der Waals surface area contributed by atoms with E-state index in [-0.39, 0.29) is 21.7 Å². The molecule has 25 heavy (non-hydrogen) atoms. The van der Waals surface area contributed by atoms with Crippen LogP contribution in [0, 0.1) is 5.41 Å². The van der Waals surface area contributed by atoms with Gasteiger partial charge in [-0.05, 0) is 35.5 Å². The molecule has 0 unspecified atom stereocenters. The minimum atomic E-state index is -1.24. The molecule has 1 rings (SSSR count). The Bertz CT molecular complexity index is 500. The normalized spacial score (nSPS) is 14.5. The van der Waals surface area contributed by atoms with Crippen LogP contribution in [0.15, 0.2) is 53.5 Å². The maximum atomic E-state index is 5.22. The van der Waals surface area contributed by atoms with Crippen LogP contribution in [0.1, 0.15) is 68.7 Å². The summed E-state index contributed by atoms with van der Waals surface area (Å²) < 4.78 is 5.22. The molecule has 0 atom stereocenters. The van der Waals surface area contributed by atoms with Gasteiger partial charge in [-0.15, -0.1) is 0 Å². The van der Waals surface area contributed by atoms with Gasteiger partial charge >= 0.3 is 0 Å². The third kappa shape index (κ3) is 9.41. The van der Waals surface area contributed by atoms with Gasteiger partial charge in [0.25, 0.3) is 0 Å². The van der Waals surface area contributed by atoms with Crippen LogP contribution >= 0.6 is 7.05 Å². The van der Waals surface area contributed by atoms with E-state index >= 15 is 0 Å². The Morgan fingerprint density at radius 3 is 1.76 bits per heavy atom. The zero-order valence-electron chi connectivity index (χ0n) is 18.0. The van der Waals surface area contributed by atoms with Gasteiger partial charge in [0.2, 0.25) is 0 Å². The van der Waals surface area contributed by atoms with Crippen molar-refractivity contribution in [3.8, 4) is 0 Å². The van der Waals surface area contributed by atoms with E-state index in [0.717, 1.165) is 6.42 Å². The van der Waals surface area contributed by atoms with Gasteiger partial charge in [0.15, 0.2) is 0 Å². The Kier molecular flexibility index (Phi) is 13.4. The van der Waals surface area contributed by atoms with Gasteiger partial charge in [-0.1, -0.05) is 99.3 Å². The fourth-order valence-electron chi connectivity index (χ4n) is 3.22. The molecule has 0 aromatic carbocycles. The summed E-state index contributed by atoms with van der Waals surface area (Å²) in [4.78, 5) is 0. The molecule has 0 aliphatic heterocycles. The van der Waals surface area contributed by atoms with Gasteiger partial charge in [0, 0.05) is 33.8 Å². The molecule has 0 fully saturated rings. The second kappa shape index (κ2) is 12.3. The first-order valence-corrected chi connectivity index (χ1v) is 11.2. The van der Waals surface area contributed by atoms with Crippen LogP contribution in [-0.2, 0) is 21.7 Å². The van der Waals surface area contributed by atoms with E-state index in [0.29, 0.717) is 22.4 Å². The summed E-state index contributed by atoms with van der Waals surface area (Å²) in [7, 11) is -1.24. The van der Waals surface area contributed by atoms with Gasteiger partial charge in [0.05, 0.1) is 0 Å². The minimum Gasteiger partial charge on any atom is -0.271 e. The summed E-state index contributed by atoms with van der Waals surface area (Å²) in [5.41, 5.74) is 3.66. The molecular formula is C22H40NPTi. The van der Waals surface area contributed by atoms with E-state index in [1.165, 1.54) is 5.70 Å². The molecule has 0 N–H and O–H groups in total. The van der Waals surface area contributed by atoms with Crippen molar-refractivity contribution in [2.45, 2.75) is 85.7 Å². The zero-order chi connectivity index (χ0) is 19.0. The van der Waals surface area contributed by atoms with E-state index in [1.54, 1.807) is 6.08 Å². The molecule has 0 bridgehead atoms.